The van der Waals surface area contributed by atoms with E-state index in [0.29, 0.717) is 12.3 Å². The molecule has 0 bridgehead atoms. The van der Waals surface area contributed by atoms with Crippen LogP contribution in [0.4, 0.5) is 0 Å². The normalized spacial score (nSPS) is 18.6. The Balaban J connectivity index is 1.66. The topological polar surface area (TPSA) is 49.5 Å². The highest BCUT2D eigenvalue weighted by Crippen LogP contribution is 2.38. The van der Waals surface area contributed by atoms with Gasteiger partial charge in [-0.1, -0.05) is 73.3 Å². The van der Waals surface area contributed by atoms with Gasteiger partial charge in [-0.2, -0.15) is 0 Å². The van der Waals surface area contributed by atoms with Crippen LogP contribution in [-0.4, -0.2) is 35.7 Å². The molecule has 184 valence electrons. The number of hydrogen-bond donors (Lipinski definition) is 2. The first-order chi connectivity index (χ1) is 17.1. The summed E-state index contributed by atoms with van der Waals surface area (Å²) >= 11 is 0. The van der Waals surface area contributed by atoms with Gasteiger partial charge in [0.25, 0.3) is 0 Å². The van der Waals surface area contributed by atoms with E-state index in [2.05, 4.69) is 60.0 Å². The molecule has 3 heteroatoms. The third-order valence-electron chi connectivity index (χ3n) is 7.40. The fraction of sp³-hybridized carbons (Fsp3) is 0.375. The van der Waals surface area contributed by atoms with Crippen LogP contribution in [0.25, 0.3) is 11.1 Å². The Labute approximate surface area is 211 Å². The summed E-state index contributed by atoms with van der Waals surface area (Å²) in [5.41, 5.74) is 13.8. The summed E-state index contributed by atoms with van der Waals surface area (Å²) in [5.74, 6) is 0.645. The smallest absolute Gasteiger partial charge is 0.0434 e. The number of benzene rings is 2. The molecule has 2 aromatic rings. The van der Waals surface area contributed by atoms with Crippen LogP contribution in [0.3, 0.4) is 0 Å². The van der Waals surface area contributed by atoms with Crippen molar-refractivity contribution in [3.05, 3.63) is 107 Å². The first kappa shape index (κ1) is 25.2. The maximum atomic E-state index is 9.61. The van der Waals surface area contributed by atoms with Crippen molar-refractivity contribution in [2.75, 3.05) is 19.7 Å². The Morgan fingerprint density at radius 3 is 2.26 bits per heavy atom. The Hall–Kier alpha value is -2.88. The number of aliphatic hydroxyl groups excluding tert-OH is 1. The van der Waals surface area contributed by atoms with Crippen LogP contribution in [-0.2, 0) is 0 Å². The molecule has 1 saturated heterocycles. The molecule has 1 aliphatic carbocycles. The third kappa shape index (κ3) is 6.62. The van der Waals surface area contributed by atoms with Gasteiger partial charge in [-0.3, -0.25) is 0 Å². The second-order valence-corrected chi connectivity index (χ2v) is 9.86. The number of likely N-dealkylation sites (tertiary alicyclic amines) is 1. The zero-order chi connectivity index (χ0) is 24.6. The first-order valence-corrected chi connectivity index (χ1v) is 13.1. The van der Waals surface area contributed by atoms with Crippen LogP contribution in [0.15, 0.2) is 90.7 Å². The van der Waals surface area contributed by atoms with Gasteiger partial charge >= 0.3 is 0 Å². The van der Waals surface area contributed by atoms with Crippen molar-refractivity contribution >= 4 is 11.1 Å². The molecule has 1 aliphatic heterocycles. The van der Waals surface area contributed by atoms with E-state index < -0.39 is 0 Å². The highest BCUT2D eigenvalue weighted by atomic mass is 16.2. The number of piperidine rings is 1. The van der Waals surface area contributed by atoms with Crippen molar-refractivity contribution < 1.29 is 5.11 Å². The van der Waals surface area contributed by atoms with E-state index in [1.165, 1.54) is 55.5 Å². The van der Waals surface area contributed by atoms with E-state index >= 15 is 0 Å². The van der Waals surface area contributed by atoms with Gasteiger partial charge in [-0.15, -0.1) is 0 Å². The molecule has 3 nitrogen and oxygen atoms in total. The predicted octanol–water partition coefficient (Wildman–Crippen LogP) is 6.69. The molecule has 2 aromatic carbocycles. The quantitative estimate of drug-likeness (QED) is 0.302. The molecule has 0 unspecified atom stereocenters. The Morgan fingerprint density at radius 1 is 0.971 bits per heavy atom. The van der Waals surface area contributed by atoms with Gasteiger partial charge in [-0.05, 0) is 104 Å². The second-order valence-electron chi connectivity index (χ2n) is 9.86. The van der Waals surface area contributed by atoms with Crippen LogP contribution in [0.5, 0.6) is 0 Å². The summed E-state index contributed by atoms with van der Waals surface area (Å²) in [7, 11) is 0. The van der Waals surface area contributed by atoms with Crippen molar-refractivity contribution in [2.24, 2.45) is 5.73 Å². The summed E-state index contributed by atoms with van der Waals surface area (Å²) in [4.78, 5) is 2.69. The molecule has 0 atom stereocenters. The molecule has 2 aliphatic rings. The molecule has 0 amide bonds. The third-order valence-corrected chi connectivity index (χ3v) is 7.40. The van der Waals surface area contributed by atoms with Crippen molar-refractivity contribution in [1.29, 1.82) is 0 Å². The number of hydrogen-bond acceptors (Lipinski definition) is 3. The highest BCUT2D eigenvalue weighted by molar-refractivity contribution is 5.99. The molecular weight excluding hydrogens is 428 g/mol. The molecule has 1 heterocycles. The summed E-state index contributed by atoms with van der Waals surface area (Å²) in [6.07, 6.45) is 12.6. The summed E-state index contributed by atoms with van der Waals surface area (Å²) in [6.45, 7) is 9.00. The van der Waals surface area contributed by atoms with Crippen LogP contribution < -0.4 is 5.73 Å². The predicted molar refractivity (Wildman–Crippen MR) is 149 cm³/mol. The summed E-state index contributed by atoms with van der Waals surface area (Å²) < 4.78 is 0. The lowest BCUT2D eigenvalue weighted by Gasteiger charge is -2.32. The molecular formula is C32H40N2O. The molecule has 0 radical (unpaired) electrons. The summed E-state index contributed by atoms with van der Waals surface area (Å²) in [5, 5.41) is 9.61. The number of aliphatic hydroxyl groups is 1. The van der Waals surface area contributed by atoms with Crippen molar-refractivity contribution in [2.45, 2.75) is 57.4 Å². The molecule has 35 heavy (non-hydrogen) atoms. The molecule has 0 spiro atoms. The Bertz CT molecular complexity index is 1070. The average molecular weight is 469 g/mol. The molecule has 2 fully saturated rings. The standard InChI is InChI=1S/C32H40N2O/c1-3-29(33)16-11-24(2)32(31(10-7-23-35)27-8-5-4-6-9-27)28-14-12-25(13-15-28)26-19-21-34(22-20-26)30-17-18-30/h3-6,8-9,11-16,26,30,35H,2,7,10,17-23,33H2,1H3/b16-11-,29-3+,32-31-. The minimum absolute atomic E-state index is 0.163. The number of nitrogens with zero attached hydrogens (tertiary/aromatic N) is 1. The zero-order valence-electron chi connectivity index (χ0n) is 21.1. The Kier molecular flexibility index (Phi) is 8.79. The molecule has 1 saturated carbocycles. The van der Waals surface area contributed by atoms with Crippen LogP contribution in [0.1, 0.15) is 68.1 Å². The van der Waals surface area contributed by atoms with Gasteiger partial charge < -0.3 is 15.7 Å². The van der Waals surface area contributed by atoms with E-state index in [0.717, 1.165) is 34.9 Å². The summed E-state index contributed by atoms with van der Waals surface area (Å²) in [6, 6.07) is 20.5. The first-order valence-electron chi connectivity index (χ1n) is 13.1. The van der Waals surface area contributed by atoms with E-state index in [4.69, 9.17) is 5.73 Å². The lowest BCUT2D eigenvalue weighted by molar-refractivity contribution is 0.203. The molecule has 0 aromatic heterocycles. The van der Waals surface area contributed by atoms with Gasteiger partial charge in [-0.25, -0.2) is 0 Å². The zero-order valence-corrected chi connectivity index (χ0v) is 21.1. The van der Waals surface area contributed by atoms with Crippen molar-refractivity contribution in [3.8, 4) is 0 Å². The maximum Gasteiger partial charge on any atom is 0.0434 e. The van der Waals surface area contributed by atoms with Gasteiger partial charge in [0.15, 0.2) is 0 Å². The van der Waals surface area contributed by atoms with E-state index in [9.17, 15) is 5.11 Å². The van der Waals surface area contributed by atoms with E-state index in [1.54, 1.807) is 0 Å². The monoisotopic (exact) mass is 468 g/mol. The lowest BCUT2D eigenvalue weighted by atomic mass is 9.85. The van der Waals surface area contributed by atoms with E-state index in [-0.39, 0.29) is 6.61 Å². The molecule has 3 N–H and O–H groups in total. The van der Waals surface area contributed by atoms with Crippen molar-refractivity contribution in [3.63, 3.8) is 0 Å². The Morgan fingerprint density at radius 2 is 1.66 bits per heavy atom. The average Bonchev–Trinajstić information content (AvgIpc) is 3.76. The van der Waals surface area contributed by atoms with Gasteiger partial charge in [0.1, 0.15) is 0 Å². The SMILES string of the molecule is C=C(/C=C\C(N)=C/C)/C(=C(\CCCO)c1ccccc1)c1ccc(C2CCN(C3CC3)CC2)cc1. The van der Waals surface area contributed by atoms with Crippen LogP contribution >= 0.6 is 0 Å². The van der Waals surface area contributed by atoms with Crippen LogP contribution in [0.2, 0.25) is 0 Å². The fourth-order valence-corrected chi connectivity index (χ4v) is 5.20. The largest absolute Gasteiger partial charge is 0.399 e. The van der Waals surface area contributed by atoms with Crippen LogP contribution in [0, 0.1) is 0 Å². The molecule has 4 rings (SSSR count). The van der Waals surface area contributed by atoms with Crippen molar-refractivity contribution in [1.82, 2.24) is 4.90 Å². The van der Waals surface area contributed by atoms with Gasteiger partial charge in [0.2, 0.25) is 0 Å². The minimum atomic E-state index is 0.163. The number of allylic oxidation sites excluding steroid dienone is 6. The van der Waals surface area contributed by atoms with E-state index in [1.807, 2.05) is 31.2 Å². The number of nitrogens with two attached hydrogens (primary N) is 1. The van der Waals surface area contributed by atoms with Gasteiger partial charge in [0, 0.05) is 18.3 Å². The minimum Gasteiger partial charge on any atom is -0.399 e. The van der Waals surface area contributed by atoms with Gasteiger partial charge in [0.05, 0.1) is 0 Å². The fourth-order valence-electron chi connectivity index (χ4n) is 5.20. The number of rotatable bonds is 10. The lowest BCUT2D eigenvalue weighted by Crippen LogP contribution is -2.34. The second kappa shape index (κ2) is 12.2. The maximum absolute atomic E-state index is 9.61. The highest BCUT2D eigenvalue weighted by Gasteiger charge is 2.32.